The molecule has 210 valence electrons. The molecular formula is C28H29ClFN5O5. The van der Waals surface area contributed by atoms with Crippen molar-refractivity contribution in [1.29, 1.82) is 0 Å². The van der Waals surface area contributed by atoms with Crippen molar-refractivity contribution in [1.82, 2.24) is 20.2 Å². The summed E-state index contributed by atoms with van der Waals surface area (Å²) in [6.07, 6.45) is 3.06. The highest BCUT2D eigenvalue weighted by Gasteiger charge is 2.33. The number of amides is 2. The van der Waals surface area contributed by atoms with Crippen molar-refractivity contribution in [2.45, 2.75) is 31.5 Å². The van der Waals surface area contributed by atoms with Gasteiger partial charge in [-0.05, 0) is 42.7 Å². The molecule has 0 saturated carbocycles. The van der Waals surface area contributed by atoms with Gasteiger partial charge in [-0.25, -0.2) is 14.4 Å². The predicted octanol–water partition coefficient (Wildman–Crippen LogP) is 3.34. The van der Waals surface area contributed by atoms with Gasteiger partial charge in [0.25, 0.3) is 5.91 Å². The number of hydrogen-bond donors (Lipinski definition) is 3. The third-order valence-electron chi connectivity index (χ3n) is 6.98. The molecule has 1 unspecified atom stereocenters. The van der Waals surface area contributed by atoms with Crippen molar-refractivity contribution < 1.29 is 28.6 Å². The summed E-state index contributed by atoms with van der Waals surface area (Å²) in [5.41, 5.74) is 1.61. The van der Waals surface area contributed by atoms with E-state index >= 15 is 4.39 Å². The van der Waals surface area contributed by atoms with Gasteiger partial charge in [0.2, 0.25) is 11.9 Å². The number of aliphatic hydroxyl groups is 1. The number of halogens is 2. The molecule has 5 rings (SSSR count). The van der Waals surface area contributed by atoms with Crippen LogP contribution in [0.3, 0.4) is 0 Å². The Bertz CT molecular complexity index is 1420. The summed E-state index contributed by atoms with van der Waals surface area (Å²) in [5.74, 6) is -0.643. The molecular weight excluding hydrogens is 541 g/mol. The molecule has 2 aliphatic rings. The molecule has 2 aliphatic heterocycles. The van der Waals surface area contributed by atoms with Crippen LogP contribution in [0.5, 0.6) is 5.75 Å². The van der Waals surface area contributed by atoms with E-state index in [4.69, 9.17) is 21.1 Å². The monoisotopic (exact) mass is 569 g/mol. The van der Waals surface area contributed by atoms with Gasteiger partial charge in [0.15, 0.2) is 0 Å². The summed E-state index contributed by atoms with van der Waals surface area (Å²) in [6, 6.07) is 9.23. The van der Waals surface area contributed by atoms with Crippen LogP contribution in [-0.4, -0.2) is 71.3 Å². The van der Waals surface area contributed by atoms with Crippen LogP contribution < -0.4 is 15.4 Å². The molecule has 1 saturated heterocycles. The number of carbonyl (C=O) groups is 2. The van der Waals surface area contributed by atoms with Gasteiger partial charge in [0.1, 0.15) is 18.1 Å². The summed E-state index contributed by atoms with van der Waals surface area (Å²) >= 11 is 6.37. The second-order valence-corrected chi connectivity index (χ2v) is 10.1. The maximum atomic E-state index is 15.2. The van der Waals surface area contributed by atoms with Crippen LogP contribution in [0.2, 0.25) is 5.02 Å². The molecule has 3 heterocycles. The van der Waals surface area contributed by atoms with Crippen molar-refractivity contribution in [3.8, 4) is 17.0 Å². The normalized spacial score (nSPS) is 16.0. The molecule has 2 aromatic carbocycles. The fourth-order valence-electron chi connectivity index (χ4n) is 4.86. The van der Waals surface area contributed by atoms with Crippen molar-refractivity contribution in [3.63, 3.8) is 0 Å². The number of fused-ring (bicyclic) bond motifs is 1. The molecule has 0 bridgehead atoms. The Morgan fingerprint density at radius 1 is 1.30 bits per heavy atom. The molecule has 0 radical (unpaired) electrons. The number of hydrogen-bond acceptors (Lipinski definition) is 8. The highest BCUT2D eigenvalue weighted by molar-refractivity contribution is 6.33. The zero-order chi connectivity index (χ0) is 28.2. The average Bonchev–Trinajstić information content (AvgIpc) is 3.28. The van der Waals surface area contributed by atoms with Crippen LogP contribution in [0.25, 0.3) is 11.3 Å². The van der Waals surface area contributed by atoms with E-state index in [1.807, 2.05) is 0 Å². The number of aromatic nitrogens is 2. The molecule has 40 heavy (non-hydrogen) atoms. The molecule has 1 fully saturated rings. The Labute approximate surface area is 235 Å². The van der Waals surface area contributed by atoms with Gasteiger partial charge < -0.3 is 30.1 Å². The van der Waals surface area contributed by atoms with Gasteiger partial charge in [-0.2, -0.15) is 0 Å². The Hall–Kier alpha value is -3.80. The van der Waals surface area contributed by atoms with Crippen LogP contribution in [0.4, 0.5) is 10.3 Å². The molecule has 1 atom stereocenters. The smallest absolute Gasteiger partial charge is 0.255 e. The Kier molecular flexibility index (Phi) is 8.43. The largest absolute Gasteiger partial charge is 0.497 e. The number of nitrogens with one attached hydrogen (secondary N) is 2. The standard InChI is InChI=1S/C28H29ClFN5O5/c1-39-19-4-2-3-16(9-19)24(15-36)33-25(37)14-35-13-21-20(27(35)38)10-17(11-23(21)30)26-22(29)12-31-28(34-26)32-18-5-7-40-8-6-18/h2-4,9-12,18,24,36H,5-8,13-15H2,1H3,(H,33,37)(H,31,32,34). The van der Waals surface area contributed by atoms with E-state index in [0.717, 1.165) is 12.8 Å². The fourth-order valence-corrected chi connectivity index (χ4v) is 5.06. The van der Waals surface area contributed by atoms with Crippen LogP contribution in [0.1, 0.15) is 40.4 Å². The molecule has 2 amide bonds. The number of ether oxygens (including phenoxy) is 2. The Balaban J connectivity index is 1.30. The number of benzene rings is 2. The minimum absolute atomic E-state index is 0.0648. The lowest BCUT2D eigenvalue weighted by Gasteiger charge is -2.23. The van der Waals surface area contributed by atoms with E-state index in [0.29, 0.717) is 41.7 Å². The average molecular weight is 570 g/mol. The third-order valence-corrected chi connectivity index (χ3v) is 7.26. The second kappa shape index (κ2) is 12.2. The fraction of sp³-hybridized carbons (Fsp3) is 0.357. The highest BCUT2D eigenvalue weighted by Crippen LogP contribution is 2.33. The van der Waals surface area contributed by atoms with Crippen molar-refractivity contribution in [3.05, 3.63) is 70.1 Å². The van der Waals surface area contributed by atoms with Crippen molar-refractivity contribution in [2.75, 3.05) is 38.8 Å². The zero-order valence-electron chi connectivity index (χ0n) is 21.8. The number of nitrogens with zero attached hydrogens (tertiary/aromatic N) is 3. The number of anilines is 1. The van der Waals surface area contributed by atoms with Crippen molar-refractivity contribution >= 4 is 29.4 Å². The van der Waals surface area contributed by atoms with Crippen LogP contribution in [0.15, 0.2) is 42.6 Å². The lowest BCUT2D eigenvalue weighted by atomic mass is 10.0. The third kappa shape index (κ3) is 6.01. The van der Waals surface area contributed by atoms with E-state index in [1.165, 1.54) is 30.3 Å². The maximum absolute atomic E-state index is 15.2. The first-order valence-electron chi connectivity index (χ1n) is 12.9. The van der Waals surface area contributed by atoms with Crippen LogP contribution in [-0.2, 0) is 16.1 Å². The van der Waals surface area contributed by atoms with Crippen LogP contribution in [0, 0.1) is 5.82 Å². The predicted molar refractivity (Wildman–Crippen MR) is 146 cm³/mol. The molecule has 0 spiro atoms. The maximum Gasteiger partial charge on any atom is 0.255 e. The summed E-state index contributed by atoms with van der Waals surface area (Å²) in [6.45, 7) is 0.565. The molecule has 12 heteroatoms. The Morgan fingerprint density at radius 2 is 2.10 bits per heavy atom. The zero-order valence-corrected chi connectivity index (χ0v) is 22.6. The van der Waals surface area contributed by atoms with Gasteiger partial charge in [-0.1, -0.05) is 23.7 Å². The van der Waals surface area contributed by atoms with Gasteiger partial charge in [0.05, 0.1) is 43.2 Å². The molecule has 3 N–H and O–H groups in total. The number of rotatable bonds is 9. The van der Waals surface area contributed by atoms with Crippen molar-refractivity contribution in [2.24, 2.45) is 0 Å². The summed E-state index contributed by atoms with van der Waals surface area (Å²) in [5, 5.41) is 16.0. The van der Waals surface area contributed by atoms with Gasteiger partial charge in [-0.15, -0.1) is 0 Å². The van der Waals surface area contributed by atoms with Gasteiger partial charge >= 0.3 is 0 Å². The van der Waals surface area contributed by atoms with E-state index in [2.05, 4.69) is 20.6 Å². The highest BCUT2D eigenvalue weighted by atomic mass is 35.5. The number of aliphatic hydroxyl groups excluding tert-OH is 1. The topological polar surface area (TPSA) is 126 Å². The second-order valence-electron chi connectivity index (χ2n) is 9.65. The summed E-state index contributed by atoms with van der Waals surface area (Å²) in [4.78, 5) is 36.0. The van der Waals surface area contributed by atoms with E-state index in [9.17, 15) is 14.7 Å². The molecule has 0 aliphatic carbocycles. The molecule has 3 aromatic rings. The first-order chi connectivity index (χ1) is 19.4. The Morgan fingerprint density at radius 3 is 2.85 bits per heavy atom. The van der Waals surface area contributed by atoms with Gasteiger partial charge in [-0.3, -0.25) is 9.59 Å². The van der Waals surface area contributed by atoms with Gasteiger partial charge in [0, 0.05) is 35.9 Å². The van der Waals surface area contributed by atoms with E-state index < -0.39 is 23.7 Å². The minimum Gasteiger partial charge on any atom is -0.497 e. The first-order valence-corrected chi connectivity index (χ1v) is 13.3. The van der Waals surface area contributed by atoms with E-state index in [-0.39, 0.29) is 41.9 Å². The minimum atomic E-state index is -0.699. The first kappa shape index (κ1) is 27.8. The summed E-state index contributed by atoms with van der Waals surface area (Å²) in [7, 11) is 1.52. The van der Waals surface area contributed by atoms with E-state index in [1.54, 1.807) is 24.3 Å². The summed E-state index contributed by atoms with van der Waals surface area (Å²) < 4.78 is 25.8. The lowest BCUT2D eigenvalue weighted by Crippen LogP contribution is -2.40. The number of methoxy groups -OCH3 is 1. The van der Waals surface area contributed by atoms with Crippen LogP contribution >= 0.6 is 11.6 Å². The lowest BCUT2D eigenvalue weighted by molar-refractivity contribution is -0.122. The quantitative estimate of drug-likeness (QED) is 0.358. The SMILES string of the molecule is COc1cccc(C(CO)NC(=O)CN2Cc3c(F)cc(-c4nc(NC5CCOCC5)ncc4Cl)cc3C2=O)c1. The molecule has 10 nitrogen and oxygen atoms in total. The number of carbonyl (C=O) groups excluding carboxylic acids is 2. The molecule has 1 aromatic heterocycles.